The number of aromatic nitrogens is 2. The summed E-state index contributed by atoms with van der Waals surface area (Å²) < 4.78 is 0. The number of aromatic amines is 1. The summed E-state index contributed by atoms with van der Waals surface area (Å²) in [5.74, 6) is -6.29. The normalized spacial score (nSPS) is 24.2. The van der Waals surface area contributed by atoms with Crippen molar-refractivity contribution in [3.05, 3.63) is 76.7 Å². The number of phenolic OH excluding ortho intramolecular Hbond substituents is 1. The SMILES string of the molecule is NC(=O)C1=C(O)[C@@]2(O)C(=O)C3=C(O)c4c(ccc(Nc5ncc(-c6ccccc6)[nH]5)c4O)C[C@H]3C[C@H]2CC1=O. The molecule has 0 saturated heterocycles. The van der Waals surface area contributed by atoms with Gasteiger partial charge in [-0.1, -0.05) is 36.4 Å². The van der Waals surface area contributed by atoms with Crippen LogP contribution in [0.3, 0.4) is 0 Å². The summed E-state index contributed by atoms with van der Waals surface area (Å²) in [6.07, 6.45) is 1.59. The van der Waals surface area contributed by atoms with Gasteiger partial charge >= 0.3 is 0 Å². The molecule has 0 aliphatic heterocycles. The molecule has 11 nitrogen and oxygen atoms in total. The van der Waals surface area contributed by atoms with Crippen LogP contribution < -0.4 is 11.1 Å². The van der Waals surface area contributed by atoms with E-state index in [0.717, 1.165) is 11.3 Å². The lowest BCUT2D eigenvalue weighted by molar-refractivity contribution is -0.147. The Labute approximate surface area is 221 Å². The van der Waals surface area contributed by atoms with Crippen molar-refractivity contribution in [1.29, 1.82) is 0 Å². The smallest absolute Gasteiger partial charge is 0.255 e. The Morgan fingerprint density at radius 1 is 1.08 bits per heavy atom. The van der Waals surface area contributed by atoms with E-state index in [1.165, 1.54) is 0 Å². The lowest BCUT2D eigenvalue weighted by Crippen LogP contribution is -2.58. The van der Waals surface area contributed by atoms with Gasteiger partial charge in [-0.05, 0) is 36.0 Å². The average molecular weight is 529 g/mol. The Morgan fingerprint density at radius 2 is 1.82 bits per heavy atom. The molecular formula is C28H24N4O7. The number of ketones is 2. The topological polar surface area (TPSA) is 199 Å². The molecule has 198 valence electrons. The van der Waals surface area contributed by atoms with Gasteiger partial charge in [-0.25, -0.2) is 4.98 Å². The van der Waals surface area contributed by atoms with Crippen molar-refractivity contribution in [3.8, 4) is 17.0 Å². The van der Waals surface area contributed by atoms with Gasteiger partial charge in [0.2, 0.25) is 11.7 Å². The van der Waals surface area contributed by atoms with Crippen LogP contribution in [0.25, 0.3) is 17.0 Å². The molecule has 3 aliphatic carbocycles. The molecule has 11 heteroatoms. The number of hydrogen-bond acceptors (Lipinski definition) is 9. The fourth-order valence-corrected chi connectivity index (χ4v) is 5.97. The standard InChI is InChI=1S/C28H24N4O7/c29-26(38)21-18(33)10-15-9-14-8-13-6-7-16(31-27-30-11-17(32-27)12-4-2-1-3-5-12)22(34)19(13)23(35)20(14)24(36)28(15,39)25(21)37/h1-7,11,14-15,34-35,37,39H,8-10H2,(H2,29,38)(H2,30,31,32)/t14-,15-,28-/m0/s1. The number of nitrogens with zero attached hydrogens (tertiary/aromatic N) is 1. The predicted molar refractivity (Wildman–Crippen MR) is 139 cm³/mol. The molecule has 0 unspecified atom stereocenters. The summed E-state index contributed by atoms with van der Waals surface area (Å²) in [7, 11) is 0. The summed E-state index contributed by atoms with van der Waals surface area (Å²) >= 11 is 0. The Kier molecular flexibility index (Phi) is 5.37. The van der Waals surface area contributed by atoms with E-state index in [1.807, 2.05) is 30.3 Å². The molecule has 6 rings (SSSR count). The largest absolute Gasteiger partial charge is 0.508 e. The first kappa shape index (κ1) is 24.4. The lowest BCUT2D eigenvalue weighted by Gasteiger charge is -2.46. The first-order valence-corrected chi connectivity index (χ1v) is 12.3. The second-order valence-electron chi connectivity index (χ2n) is 10.0. The molecule has 0 bridgehead atoms. The molecule has 3 aliphatic rings. The number of nitrogens with two attached hydrogens (primary N) is 1. The van der Waals surface area contributed by atoms with E-state index in [1.54, 1.807) is 18.3 Å². The Hall–Kier alpha value is -4.90. The van der Waals surface area contributed by atoms with Crippen molar-refractivity contribution in [2.24, 2.45) is 17.6 Å². The number of hydrogen-bond donors (Lipinski definition) is 7. The highest BCUT2D eigenvalue weighted by atomic mass is 16.3. The molecule has 1 heterocycles. The van der Waals surface area contributed by atoms with Gasteiger partial charge in [-0.15, -0.1) is 0 Å². The number of imidazole rings is 1. The predicted octanol–water partition coefficient (Wildman–Crippen LogP) is 2.56. The number of aliphatic hydroxyl groups is 3. The Morgan fingerprint density at radius 3 is 2.54 bits per heavy atom. The maximum atomic E-state index is 13.6. The van der Waals surface area contributed by atoms with Gasteiger partial charge in [0, 0.05) is 17.9 Å². The van der Waals surface area contributed by atoms with E-state index < -0.39 is 52.0 Å². The molecule has 1 aromatic heterocycles. The molecule has 3 aromatic rings. The van der Waals surface area contributed by atoms with Gasteiger partial charge in [-0.2, -0.15) is 0 Å². The van der Waals surface area contributed by atoms with Crippen LogP contribution in [0.15, 0.2) is 65.6 Å². The van der Waals surface area contributed by atoms with Crippen molar-refractivity contribution >= 4 is 34.9 Å². The molecule has 3 atom stereocenters. The highest BCUT2D eigenvalue weighted by Crippen LogP contribution is 2.52. The second kappa shape index (κ2) is 8.57. The van der Waals surface area contributed by atoms with Gasteiger partial charge < -0.3 is 36.5 Å². The molecular weight excluding hydrogens is 504 g/mol. The zero-order valence-corrected chi connectivity index (χ0v) is 20.4. The van der Waals surface area contributed by atoms with E-state index in [9.17, 15) is 34.8 Å². The lowest BCUT2D eigenvalue weighted by atomic mass is 9.59. The monoisotopic (exact) mass is 528 g/mol. The van der Waals surface area contributed by atoms with Crippen molar-refractivity contribution in [3.63, 3.8) is 0 Å². The number of amides is 1. The second-order valence-corrected chi connectivity index (χ2v) is 10.0. The number of carbonyl (C=O) groups is 3. The van der Waals surface area contributed by atoms with Gasteiger partial charge in [0.05, 0.1) is 23.1 Å². The van der Waals surface area contributed by atoms with E-state index in [0.29, 0.717) is 11.5 Å². The first-order valence-electron chi connectivity index (χ1n) is 12.3. The van der Waals surface area contributed by atoms with Gasteiger partial charge in [0.15, 0.2) is 11.4 Å². The number of aromatic hydroxyl groups is 1. The van der Waals surface area contributed by atoms with Crippen LogP contribution in [-0.2, 0) is 20.8 Å². The summed E-state index contributed by atoms with van der Waals surface area (Å²) in [5, 5.41) is 47.4. The number of fused-ring (bicyclic) bond motifs is 3. The van der Waals surface area contributed by atoms with Crippen LogP contribution >= 0.6 is 0 Å². The summed E-state index contributed by atoms with van der Waals surface area (Å²) in [6.45, 7) is 0. The van der Waals surface area contributed by atoms with Crippen LogP contribution in [0.1, 0.15) is 24.0 Å². The molecule has 8 N–H and O–H groups in total. The quantitative estimate of drug-likeness (QED) is 0.196. The fourth-order valence-electron chi connectivity index (χ4n) is 5.97. The average Bonchev–Trinajstić information content (AvgIpc) is 3.37. The zero-order chi connectivity index (χ0) is 27.6. The van der Waals surface area contributed by atoms with Crippen LogP contribution in [0.2, 0.25) is 0 Å². The van der Waals surface area contributed by atoms with Gasteiger partial charge in [0.1, 0.15) is 22.8 Å². The van der Waals surface area contributed by atoms with Crippen LogP contribution in [-0.4, -0.2) is 53.5 Å². The number of Topliss-reactive ketones (excluding diaryl/α,β-unsaturated/α-hetero) is 2. The molecule has 39 heavy (non-hydrogen) atoms. The van der Waals surface area contributed by atoms with Crippen LogP contribution in [0, 0.1) is 11.8 Å². The molecule has 1 saturated carbocycles. The van der Waals surface area contributed by atoms with Crippen LogP contribution in [0.5, 0.6) is 5.75 Å². The highest BCUT2D eigenvalue weighted by Gasteiger charge is 2.60. The van der Waals surface area contributed by atoms with E-state index in [2.05, 4.69) is 15.3 Å². The summed E-state index contributed by atoms with van der Waals surface area (Å²) in [4.78, 5) is 45.2. The zero-order valence-electron chi connectivity index (χ0n) is 20.4. The maximum absolute atomic E-state index is 13.6. The van der Waals surface area contributed by atoms with Crippen molar-refractivity contribution in [2.75, 3.05) is 5.32 Å². The third kappa shape index (κ3) is 3.54. The number of H-pyrrole nitrogens is 1. The first-order chi connectivity index (χ1) is 18.6. The number of rotatable bonds is 4. The van der Waals surface area contributed by atoms with Crippen LogP contribution in [0.4, 0.5) is 11.6 Å². The Balaban J connectivity index is 1.38. The molecule has 2 aromatic carbocycles. The van der Waals surface area contributed by atoms with E-state index in [4.69, 9.17) is 5.73 Å². The molecule has 1 fully saturated rings. The van der Waals surface area contributed by atoms with E-state index in [-0.39, 0.29) is 41.8 Å². The number of carbonyl (C=O) groups excluding carboxylic acids is 3. The number of anilines is 2. The number of benzene rings is 2. The molecule has 0 spiro atoms. The number of phenols is 1. The number of primary amides is 1. The number of aliphatic hydroxyl groups excluding tert-OH is 2. The minimum absolute atomic E-state index is 0.00182. The van der Waals surface area contributed by atoms with Crippen molar-refractivity contribution < 1.29 is 34.8 Å². The third-order valence-corrected chi connectivity index (χ3v) is 7.85. The minimum Gasteiger partial charge on any atom is -0.508 e. The highest BCUT2D eigenvalue weighted by molar-refractivity contribution is 6.22. The molecule has 0 radical (unpaired) electrons. The number of nitrogens with one attached hydrogen (secondary N) is 2. The summed E-state index contributed by atoms with van der Waals surface area (Å²) in [5.41, 5.74) is 4.04. The van der Waals surface area contributed by atoms with Gasteiger partial charge in [0.25, 0.3) is 5.91 Å². The maximum Gasteiger partial charge on any atom is 0.255 e. The Bertz CT molecular complexity index is 1640. The molecule has 1 amide bonds. The van der Waals surface area contributed by atoms with E-state index >= 15 is 0 Å². The van der Waals surface area contributed by atoms with Crippen molar-refractivity contribution in [1.82, 2.24) is 9.97 Å². The van der Waals surface area contributed by atoms with Gasteiger partial charge in [-0.3, -0.25) is 14.4 Å². The minimum atomic E-state index is -2.59. The summed E-state index contributed by atoms with van der Waals surface area (Å²) in [6, 6.07) is 12.8. The fraction of sp³-hybridized carbons (Fsp3) is 0.214. The third-order valence-electron chi connectivity index (χ3n) is 7.85. The van der Waals surface area contributed by atoms with Crippen molar-refractivity contribution in [2.45, 2.75) is 24.9 Å².